The summed E-state index contributed by atoms with van der Waals surface area (Å²) in [4.78, 5) is 37.0. The lowest BCUT2D eigenvalue weighted by Crippen LogP contribution is -2.49. The summed E-state index contributed by atoms with van der Waals surface area (Å²) in [5.41, 5.74) is 1.42. The molecule has 1 aromatic heterocycles. The number of likely N-dealkylation sites (N-methyl/N-ethyl adjacent to an activating group) is 1. The number of carbonyl (C=O) groups excluding carboxylic acids is 2. The van der Waals surface area contributed by atoms with Crippen LogP contribution in [-0.2, 0) is 22.6 Å². The Morgan fingerprint density at radius 2 is 1.96 bits per heavy atom. The number of carbonyl (C=O) groups is 2. The van der Waals surface area contributed by atoms with Gasteiger partial charge in [-0.3, -0.25) is 19.7 Å². The van der Waals surface area contributed by atoms with E-state index in [0.29, 0.717) is 24.4 Å². The van der Waals surface area contributed by atoms with Gasteiger partial charge in [0.25, 0.3) is 5.69 Å². The molecule has 150 valence electrons. The number of benzene rings is 1. The Morgan fingerprint density at radius 1 is 1.29 bits per heavy atom. The second-order valence-corrected chi connectivity index (χ2v) is 6.36. The minimum absolute atomic E-state index is 0.00748. The lowest BCUT2D eigenvalue weighted by Gasteiger charge is -2.29. The zero-order valence-electron chi connectivity index (χ0n) is 16.2. The van der Waals surface area contributed by atoms with Gasteiger partial charge in [-0.2, -0.15) is 0 Å². The molecule has 0 aliphatic rings. The smallest absolute Gasteiger partial charge is 0.269 e. The fraction of sp³-hybridized carbons (Fsp3) is 0.421. The van der Waals surface area contributed by atoms with Crippen LogP contribution in [0.1, 0.15) is 37.3 Å². The molecule has 9 heteroatoms. The van der Waals surface area contributed by atoms with Gasteiger partial charge in [0.05, 0.1) is 17.0 Å². The van der Waals surface area contributed by atoms with Crippen molar-refractivity contribution in [3.63, 3.8) is 0 Å². The molecule has 0 fully saturated rings. The van der Waals surface area contributed by atoms with Crippen LogP contribution in [0.2, 0.25) is 0 Å². The zero-order valence-corrected chi connectivity index (χ0v) is 16.2. The van der Waals surface area contributed by atoms with E-state index >= 15 is 0 Å². The molecule has 0 saturated heterocycles. The first kappa shape index (κ1) is 21.1. The van der Waals surface area contributed by atoms with Gasteiger partial charge >= 0.3 is 0 Å². The fourth-order valence-corrected chi connectivity index (χ4v) is 2.91. The van der Waals surface area contributed by atoms with Crippen molar-refractivity contribution in [2.45, 2.75) is 46.2 Å². The topological polar surface area (TPSA) is 119 Å². The van der Waals surface area contributed by atoms with Crippen LogP contribution >= 0.6 is 0 Å². The van der Waals surface area contributed by atoms with Crippen LogP contribution in [0, 0.1) is 17.0 Å². The summed E-state index contributed by atoms with van der Waals surface area (Å²) in [5.74, 6) is -0.0251. The van der Waals surface area contributed by atoms with Gasteiger partial charge in [0.1, 0.15) is 11.8 Å². The summed E-state index contributed by atoms with van der Waals surface area (Å²) in [6.45, 7) is 6.03. The molecule has 1 unspecified atom stereocenters. The zero-order chi connectivity index (χ0) is 20.7. The summed E-state index contributed by atoms with van der Waals surface area (Å²) in [5, 5.41) is 17.3. The van der Waals surface area contributed by atoms with Crippen molar-refractivity contribution in [2.24, 2.45) is 0 Å². The van der Waals surface area contributed by atoms with E-state index in [1.165, 1.54) is 17.0 Å². The molecular weight excluding hydrogens is 364 g/mol. The van der Waals surface area contributed by atoms with E-state index in [-0.39, 0.29) is 30.5 Å². The van der Waals surface area contributed by atoms with Crippen molar-refractivity contribution >= 4 is 17.5 Å². The van der Waals surface area contributed by atoms with Gasteiger partial charge in [-0.1, -0.05) is 24.2 Å². The average Bonchev–Trinajstić information content (AvgIpc) is 3.08. The number of amides is 2. The standard InChI is InChI=1S/C19H24N4O5/c1-4-17(22(5-2)18(24)11-16-10-13(3)21-28-16)19(25)20-12-14-6-8-15(9-7-14)23(26)27/h6-10,17H,4-5,11-12H2,1-3H3,(H,20,25). The lowest BCUT2D eigenvalue weighted by molar-refractivity contribution is -0.384. The highest BCUT2D eigenvalue weighted by Gasteiger charge is 2.27. The van der Waals surface area contributed by atoms with Crippen LogP contribution in [0.3, 0.4) is 0 Å². The van der Waals surface area contributed by atoms with Gasteiger partial charge in [0.15, 0.2) is 0 Å². The number of aryl methyl sites for hydroxylation is 1. The first-order valence-electron chi connectivity index (χ1n) is 9.08. The third-order valence-electron chi connectivity index (χ3n) is 4.34. The van der Waals surface area contributed by atoms with Crippen LogP contribution in [-0.4, -0.2) is 39.4 Å². The first-order valence-corrected chi connectivity index (χ1v) is 9.08. The van der Waals surface area contributed by atoms with Crippen molar-refractivity contribution in [3.8, 4) is 0 Å². The number of nitrogens with zero attached hydrogens (tertiary/aromatic N) is 3. The summed E-state index contributed by atoms with van der Waals surface area (Å²) in [7, 11) is 0. The molecule has 0 aliphatic heterocycles. The Morgan fingerprint density at radius 3 is 2.46 bits per heavy atom. The van der Waals surface area contributed by atoms with E-state index in [0.717, 1.165) is 5.56 Å². The molecule has 9 nitrogen and oxygen atoms in total. The Labute approximate surface area is 162 Å². The predicted molar refractivity (Wildman–Crippen MR) is 101 cm³/mol. The van der Waals surface area contributed by atoms with Crippen molar-refractivity contribution in [1.29, 1.82) is 0 Å². The largest absolute Gasteiger partial charge is 0.361 e. The Hall–Kier alpha value is -3.23. The summed E-state index contributed by atoms with van der Waals surface area (Å²) < 4.78 is 5.09. The van der Waals surface area contributed by atoms with Crippen molar-refractivity contribution < 1.29 is 19.0 Å². The van der Waals surface area contributed by atoms with E-state index in [4.69, 9.17) is 4.52 Å². The molecule has 28 heavy (non-hydrogen) atoms. The van der Waals surface area contributed by atoms with Gasteiger partial charge in [0, 0.05) is 31.3 Å². The number of nitro groups is 1. The molecule has 0 aliphatic carbocycles. The predicted octanol–water partition coefficient (Wildman–Crippen LogP) is 2.38. The van der Waals surface area contributed by atoms with Crippen molar-refractivity contribution in [2.75, 3.05) is 6.54 Å². The number of nitrogens with one attached hydrogen (secondary N) is 1. The van der Waals surface area contributed by atoms with Gasteiger partial charge in [-0.15, -0.1) is 0 Å². The quantitative estimate of drug-likeness (QED) is 0.520. The number of hydrogen-bond donors (Lipinski definition) is 1. The molecule has 2 rings (SSSR count). The van der Waals surface area contributed by atoms with E-state index in [2.05, 4.69) is 10.5 Å². The Kier molecular flexibility index (Phi) is 7.25. The summed E-state index contributed by atoms with van der Waals surface area (Å²) in [6, 6.07) is 7.05. The van der Waals surface area contributed by atoms with Crippen LogP contribution in [0.25, 0.3) is 0 Å². The number of rotatable bonds is 9. The van der Waals surface area contributed by atoms with Crippen LogP contribution in [0.4, 0.5) is 5.69 Å². The SMILES string of the molecule is CCC(C(=O)NCc1ccc([N+](=O)[O-])cc1)N(CC)C(=O)Cc1cc(C)no1. The van der Waals surface area contributed by atoms with Crippen molar-refractivity contribution in [3.05, 3.63) is 57.5 Å². The molecule has 1 atom stereocenters. The van der Waals surface area contributed by atoms with Gasteiger partial charge in [-0.25, -0.2) is 0 Å². The lowest BCUT2D eigenvalue weighted by atomic mass is 10.1. The first-order chi connectivity index (χ1) is 13.3. The maximum Gasteiger partial charge on any atom is 0.269 e. The number of non-ortho nitro benzene ring substituents is 1. The molecule has 1 N–H and O–H groups in total. The highest BCUT2D eigenvalue weighted by atomic mass is 16.6. The number of aromatic nitrogens is 1. The normalized spacial score (nSPS) is 11.7. The van der Waals surface area contributed by atoms with E-state index in [1.807, 2.05) is 13.8 Å². The molecule has 0 bridgehead atoms. The molecule has 1 aromatic carbocycles. The van der Waals surface area contributed by atoms with Gasteiger partial charge in [0.2, 0.25) is 11.8 Å². The molecule has 0 radical (unpaired) electrons. The molecular formula is C19H24N4O5. The van der Waals surface area contributed by atoms with E-state index < -0.39 is 11.0 Å². The monoisotopic (exact) mass is 388 g/mol. The van der Waals surface area contributed by atoms with E-state index in [1.54, 1.807) is 25.1 Å². The van der Waals surface area contributed by atoms with Gasteiger partial charge in [-0.05, 0) is 25.8 Å². The second kappa shape index (κ2) is 9.63. The fourth-order valence-electron chi connectivity index (χ4n) is 2.91. The van der Waals surface area contributed by atoms with Crippen LogP contribution in [0.5, 0.6) is 0 Å². The molecule has 2 aromatic rings. The average molecular weight is 388 g/mol. The van der Waals surface area contributed by atoms with Crippen LogP contribution < -0.4 is 5.32 Å². The minimum atomic E-state index is -0.612. The third-order valence-corrected chi connectivity index (χ3v) is 4.34. The molecule has 0 saturated carbocycles. The number of hydrogen-bond acceptors (Lipinski definition) is 6. The highest BCUT2D eigenvalue weighted by molar-refractivity contribution is 5.88. The maximum absolute atomic E-state index is 12.6. The van der Waals surface area contributed by atoms with E-state index in [9.17, 15) is 19.7 Å². The highest BCUT2D eigenvalue weighted by Crippen LogP contribution is 2.13. The molecule has 0 spiro atoms. The van der Waals surface area contributed by atoms with Crippen molar-refractivity contribution in [1.82, 2.24) is 15.4 Å². The van der Waals surface area contributed by atoms with Crippen LogP contribution in [0.15, 0.2) is 34.9 Å². The second-order valence-electron chi connectivity index (χ2n) is 6.36. The number of nitro benzene ring substituents is 1. The molecule has 1 heterocycles. The Bertz CT molecular complexity index is 831. The third kappa shape index (κ3) is 5.38. The Balaban J connectivity index is 1.99. The minimum Gasteiger partial charge on any atom is -0.361 e. The molecule has 2 amide bonds. The summed E-state index contributed by atoms with van der Waals surface area (Å²) >= 11 is 0. The van der Waals surface area contributed by atoms with Gasteiger partial charge < -0.3 is 14.7 Å². The maximum atomic E-state index is 12.6. The summed E-state index contributed by atoms with van der Waals surface area (Å²) in [6.07, 6.45) is 0.502.